The van der Waals surface area contributed by atoms with Gasteiger partial charge in [0.05, 0.1) is 6.10 Å². The maximum atomic E-state index is 10.00. The maximum Gasteiger partial charge on any atom is 0.0807 e. The minimum atomic E-state index is -0.214. The lowest BCUT2D eigenvalue weighted by Crippen LogP contribution is -2.12. The van der Waals surface area contributed by atoms with Crippen LogP contribution in [0.1, 0.15) is 68.5 Å². The molecule has 0 saturated carbocycles. The Balaban J connectivity index is 2.06. The van der Waals surface area contributed by atoms with Crippen LogP contribution in [0.3, 0.4) is 0 Å². The molecule has 0 saturated heterocycles. The third-order valence-electron chi connectivity index (χ3n) is 3.93. The molecule has 1 atom stereocenters. The highest BCUT2D eigenvalue weighted by Crippen LogP contribution is 2.32. The first-order valence-corrected chi connectivity index (χ1v) is 7.11. The van der Waals surface area contributed by atoms with Gasteiger partial charge < -0.3 is 9.67 Å². The van der Waals surface area contributed by atoms with Crippen molar-refractivity contribution in [1.82, 2.24) is 4.57 Å². The summed E-state index contributed by atoms with van der Waals surface area (Å²) in [7, 11) is 0. The minimum absolute atomic E-state index is 0.214. The van der Waals surface area contributed by atoms with E-state index in [1.165, 1.54) is 42.6 Å². The highest BCUT2D eigenvalue weighted by molar-refractivity contribution is 5.31. The third-order valence-corrected chi connectivity index (χ3v) is 3.93. The largest absolute Gasteiger partial charge is 0.388 e. The molecular formula is C15H25NO. The van der Waals surface area contributed by atoms with Gasteiger partial charge in [0.25, 0.3) is 0 Å². The second kappa shape index (κ2) is 5.72. The quantitative estimate of drug-likeness (QED) is 0.773. The van der Waals surface area contributed by atoms with Crippen molar-refractivity contribution in [3.05, 3.63) is 23.0 Å². The van der Waals surface area contributed by atoms with Crippen molar-refractivity contribution in [1.29, 1.82) is 0 Å². The number of unbranched alkanes of at least 4 members (excludes halogenated alkanes) is 3. The number of aryl methyl sites for hydroxylation is 1. The van der Waals surface area contributed by atoms with Gasteiger partial charge in [-0.15, -0.1) is 0 Å². The molecule has 0 radical (unpaired) electrons. The Hall–Kier alpha value is -0.760. The van der Waals surface area contributed by atoms with Gasteiger partial charge in [0.15, 0.2) is 0 Å². The Morgan fingerprint density at radius 3 is 2.94 bits per heavy atom. The summed E-state index contributed by atoms with van der Waals surface area (Å²) in [5, 5.41) is 10.00. The second-order valence-corrected chi connectivity index (χ2v) is 5.31. The Bertz CT molecular complexity index is 367. The molecule has 1 aliphatic rings. The zero-order valence-corrected chi connectivity index (χ0v) is 11.2. The molecule has 0 fully saturated rings. The first-order chi connectivity index (χ1) is 8.24. The van der Waals surface area contributed by atoms with Gasteiger partial charge in [0.1, 0.15) is 0 Å². The summed E-state index contributed by atoms with van der Waals surface area (Å²) in [6.45, 7) is 5.55. The second-order valence-electron chi connectivity index (χ2n) is 5.31. The molecule has 1 aliphatic carbocycles. The molecule has 1 heterocycles. The predicted octanol–water partition coefficient (Wildman–Crippen LogP) is 3.75. The number of aliphatic hydroxyl groups excluding tert-OH is 1. The maximum absolute atomic E-state index is 10.00. The molecule has 2 nitrogen and oxygen atoms in total. The van der Waals surface area contributed by atoms with E-state index in [1.54, 1.807) is 0 Å². The van der Waals surface area contributed by atoms with Gasteiger partial charge in [-0.1, -0.05) is 26.2 Å². The van der Waals surface area contributed by atoms with E-state index in [2.05, 4.69) is 24.5 Å². The number of rotatable bonds is 5. The van der Waals surface area contributed by atoms with Crippen molar-refractivity contribution in [3.63, 3.8) is 0 Å². The molecule has 1 N–H and O–H groups in total. The molecule has 0 spiro atoms. The number of aromatic nitrogens is 1. The predicted molar refractivity (Wildman–Crippen MR) is 71.2 cm³/mol. The third kappa shape index (κ3) is 2.74. The summed E-state index contributed by atoms with van der Waals surface area (Å²) < 4.78 is 2.44. The zero-order chi connectivity index (χ0) is 12.3. The smallest absolute Gasteiger partial charge is 0.0807 e. The normalized spacial score (nSPS) is 19.4. The number of nitrogens with zero attached hydrogens (tertiary/aromatic N) is 1. The molecule has 96 valence electrons. The zero-order valence-electron chi connectivity index (χ0n) is 11.2. The van der Waals surface area contributed by atoms with Crippen LogP contribution in [0.4, 0.5) is 0 Å². The van der Waals surface area contributed by atoms with E-state index in [-0.39, 0.29) is 6.10 Å². The Morgan fingerprint density at radius 2 is 2.18 bits per heavy atom. The molecule has 1 unspecified atom stereocenters. The fraction of sp³-hybridized carbons (Fsp3) is 0.733. The van der Waals surface area contributed by atoms with Crippen molar-refractivity contribution in [2.45, 2.75) is 71.4 Å². The average Bonchev–Trinajstić information content (AvgIpc) is 2.63. The van der Waals surface area contributed by atoms with Crippen LogP contribution >= 0.6 is 0 Å². The minimum Gasteiger partial charge on any atom is -0.388 e. The monoisotopic (exact) mass is 235 g/mol. The average molecular weight is 235 g/mol. The lowest BCUT2D eigenvalue weighted by molar-refractivity contribution is 0.155. The van der Waals surface area contributed by atoms with Gasteiger partial charge in [0.2, 0.25) is 0 Å². The Labute approximate surface area is 105 Å². The number of aliphatic hydroxyl groups is 1. The van der Waals surface area contributed by atoms with Crippen molar-refractivity contribution >= 4 is 0 Å². The molecular weight excluding hydrogens is 210 g/mol. The SMILES string of the molecule is CCCCCCn1c(C)cc2c1CCCC2O. The van der Waals surface area contributed by atoms with Crippen LogP contribution in [0.5, 0.6) is 0 Å². The van der Waals surface area contributed by atoms with Gasteiger partial charge >= 0.3 is 0 Å². The molecule has 0 bridgehead atoms. The van der Waals surface area contributed by atoms with E-state index in [4.69, 9.17) is 0 Å². The molecule has 1 aromatic heterocycles. The van der Waals surface area contributed by atoms with Gasteiger partial charge in [-0.25, -0.2) is 0 Å². The lowest BCUT2D eigenvalue weighted by atomic mass is 9.95. The molecule has 0 aliphatic heterocycles. The molecule has 2 heteroatoms. The van der Waals surface area contributed by atoms with Gasteiger partial charge in [0, 0.05) is 23.5 Å². The van der Waals surface area contributed by atoms with Crippen molar-refractivity contribution in [3.8, 4) is 0 Å². The fourth-order valence-electron chi connectivity index (χ4n) is 2.95. The Morgan fingerprint density at radius 1 is 1.35 bits per heavy atom. The summed E-state index contributed by atoms with van der Waals surface area (Å²) in [4.78, 5) is 0. The molecule has 1 aromatic rings. The van der Waals surface area contributed by atoms with Crippen molar-refractivity contribution in [2.75, 3.05) is 0 Å². The topological polar surface area (TPSA) is 25.2 Å². The van der Waals surface area contributed by atoms with Crippen LogP contribution in [0.25, 0.3) is 0 Å². The van der Waals surface area contributed by atoms with Crippen LogP contribution < -0.4 is 0 Å². The van der Waals surface area contributed by atoms with Gasteiger partial charge in [-0.3, -0.25) is 0 Å². The first kappa shape index (κ1) is 12.7. The summed E-state index contributed by atoms with van der Waals surface area (Å²) in [5.74, 6) is 0. The lowest BCUT2D eigenvalue weighted by Gasteiger charge is -2.20. The molecule has 0 amide bonds. The van der Waals surface area contributed by atoms with E-state index in [0.29, 0.717) is 0 Å². The highest BCUT2D eigenvalue weighted by Gasteiger charge is 2.22. The van der Waals surface area contributed by atoms with Crippen molar-refractivity contribution < 1.29 is 5.11 Å². The number of hydrogen-bond acceptors (Lipinski definition) is 1. The van der Waals surface area contributed by atoms with E-state index >= 15 is 0 Å². The van der Waals surface area contributed by atoms with Crippen LogP contribution in [0.15, 0.2) is 6.07 Å². The summed E-state index contributed by atoms with van der Waals surface area (Å²) in [5.41, 5.74) is 3.93. The molecule has 17 heavy (non-hydrogen) atoms. The Kier molecular flexibility index (Phi) is 4.27. The molecule has 0 aromatic carbocycles. The standard InChI is InChI=1S/C15H25NO/c1-3-4-5-6-10-16-12(2)11-13-14(16)8-7-9-15(13)17/h11,15,17H,3-10H2,1-2H3. The van der Waals surface area contributed by atoms with E-state index in [0.717, 1.165) is 25.8 Å². The summed E-state index contributed by atoms with van der Waals surface area (Å²) in [6.07, 6.45) is 8.23. The van der Waals surface area contributed by atoms with E-state index in [1.807, 2.05) is 0 Å². The van der Waals surface area contributed by atoms with Crippen LogP contribution in [-0.4, -0.2) is 9.67 Å². The first-order valence-electron chi connectivity index (χ1n) is 7.11. The van der Waals surface area contributed by atoms with Crippen LogP contribution in [0, 0.1) is 6.92 Å². The number of fused-ring (bicyclic) bond motifs is 1. The van der Waals surface area contributed by atoms with Gasteiger partial charge in [-0.05, 0) is 38.7 Å². The van der Waals surface area contributed by atoms with Crippen molar-refractivity contribution in [2.24, 2.45) is 0 Å². The number of hydrogen-bond donors (Lipinski definition) is 1. The molecule has 2 rings (SSSR count). The summed E-state index contributed by atoms with van der Waals surface area (Å²) >= 11 is 0. The van der Waals surface area contributed by atoms with E-state index in [9.17, 15) is 5.11 Å². The van der Waals surface area contributed by atoms with Crippen LogP contribution in [0.2, 0.25) is 0 Å². The van der Waals surface area contributed by atoms with E-state index < -0.39 is 0 Å². The highest BCUT2D eigenvalue weighted by atomic mass is 16.3. The fourth-order valence-corrected chi connectivity index (χ4v) is 2.95. The van der Waals surface area contributed by atoms with Crippen LogP contribution in [-0.2, 0) is 13.0 Å². The van der Waals surface area contributed by atoms with Gasteiger partial charge in [-0.2, -0.15) is 0 Å². The summed E-state index contributed by atoms with van der Waals surface area (Å²) in [6, 6.07) is 2.19.